The summed E-state index contributed by atoms with van der Waals surface area (Å²) >= 11 is 12.9. The number of halogens is 3. The molecule has 0 spiro atoms. The molecule has 6 nitrogen and oxygen atoms in total. The van der Waals surface area contributed by atoms with Gasteiger partial charge in [-0.1, -0.05) is 54.1 Å². The molecule has 0 aliphatic rings. The molecule has 0 bridgehead atoms. The average molecular weight is 604 g/mol. The normalized spacial score (nSPS) is 10.8. The molecule has 0 heterocycles. The second-order valence-electron chi connectivity index (χ2n) is 6.97. The molecule has 172 valence electrons. The van der Waals surface area contributed by atoms with Gasteiger partial charge in [-0.25, -0.2) is 0 Å². The summed E-state index contributed by atoms with van der Waals surface area (Å²) in [6.07, 6.45) is 1.48. The maximum Gasteiger partial charge on any atom is 0.262 e. The molecule has 3 aromatic carbocycles. The molecule has 0 atom stereocenters. The Labute approximate surface area is 218 Å². The van der Waals surface area contributed by atoms with Gasteiger partial charge in [0.25, 0.3) is 11.8 Å². The molecular weight excluding hydrogens is 586 g/mol. The number of benzene rings is 3. The van der Waals surface area contributed by atoms with Gasteiger partial charge in [0.15, 0.2) is 6.61 Å². The van der Waals surface area contributed by atoms with Crippen molar-refractivity contribution < 1.29 is 14.3 Å². The average Bonchev–Trinajstić information content (AvgIpc) is 2.82. The summed E-state index contributed by atoms with van der Waals surface area (Å²) in [6, 6.07) is 21.6. The number of hydrogen-bond acceptors (Lipinski definition) is 4. The first-order valence-electron chi connectivity index (χ1n) is 9.97. The SMILES string of the molecule is N#C/C(=C\c1cc(Br)c(OCC(=O)Nc2ccccc2Cl)c(Br)c1)C(=O)NCc1ccccc1. The van der Waals surface area contributed by atoms with Gasteiger partial charge in [0.1, 0.15) is 17.4 Å². The molecule has 0 radical (unpaired) electrons. The Kier molecular flexibility index (Phi) is 9.28. The second-order valence-corrected chi connectivity index (χ2v) is 9.08. The van der Waals surface area contributed by atoms with E-state index >= 15 is 0 Å². The summed E-state index contributed by atoms with van der Waals surface area (Å²) in [7, 11) is 0. The molecule has 3 aromatic rings. The predicted molar refractivity (Wildman–Crippen MR) is 139 cm³/mol. The molecule has 0 aliphatic carbocycles. The molecule has 0 unspecified atom stereocenters. The third-order valence-electron chi connectivity index (χ3n) is 4.49. The molecule has 0 aliphatic heterocycles. The molecule has 0 aromatic heterocycles. The first kappa shape index (κ1) is 25.5. The molecule has 34 heavy (non-hydrogen) atoms. The Morgan fingerprint density at radius 1 is 1.03 bits per heavy atom. The third kappa shape index (κ3) is 7.19. The van der Waals surface area contributed by atoms with Crippen LogP contribution in [0.25, 0.3) is 6.08 Å². The van der Waals surface area contributed by atoms with Crippen LogP contribution in [0.4, 0.5) is 5.69 Å². The van der Waals surface area contributed by atoms with Crippen molar-refractivity contribution in [3.8, 4) is 11.8 Å². The summed E-state index contributed by atoms with van der Waals surface area (Å²) in [5.74, 6) is -0.452. The first-order chi connectivity index (χ1) is 16.4. The summed E-state index contributed by atoms with van der Waals surface area (Å²) in [5.41, 5.74) is 1.98. The Morgan fingerprint density at radius 3 is 2.32 bits per heavy atom. The highest BCUT2D eigenvalue weighted by molar-refractivity contribution is 9.11. The zero-order valence-electron chi connectivity index (χ0n) is 17.6. The second kappa shape index (κ2) is 12.4. The van der Waals surface area contributed by atoms with Gasteiger partial charge in [-0.05, 0) is 73.3 Å². The van der Waals surface area contributed by atoms with E-state index in [-0.39, 0.29) is 18.1 Å². The van der Waals surface area contributed by atoms with Crippen LogP contribution in [0, 0.1) is 11.3 Å². The molecule has 2 N–H and O–H groups in total. The number of hydrogen-bond donors (Lipinski definition) is 2. The number of nitrogens with zero attached hydrogens (tertiary/aromatic N) is 1. The lowest BCUT2D eigenvalue weighted by Gasteiger charge is -2.12. The van der Waals surface area contributed by atoms with E-state index in [9.17, 15) is 14.9 Å². The Hall–Kier alpha value is -3.12. The Balaban J connectivity index is 1.65. The van der Waals surface area contributed by atoms with E-state index in [0.717, 1.165) is 5.56 Å². The lowest BCUT2D eigenvalue weighted by atomic mass is 10.1. The largest absolute Gasteiger partial charge is 0.481 e. The lowest BCUT2D eigenvalue weighted by Crippen LogP contribution is -2.23. The number of rotatable bonds is 8. The number of amides is 2. The zero-order chi connectivity index (χ0) is 24.5. The van der Waals surface area contributed by atoms with Gasteiger partial charge < -0.3 is 15.4 Å². The van der Waals surface area contributed by atoms with E-state index < -0.39 is 5.91 Å². The van der Waals surface area contributed by atoms with E-state index in [1.54, 1.807) is 36.4 Å². The van der Waals surface area contributed by atoms with Crippen LogP contribution in [-0.4, -0.2) is 18.4 Å². The van der Waals surface area contributed by atoms with E-state index in [1.807, 2.05) is 36.4 Å². The number of carbonyl (C=O) groups is 2. The number of nitrogens with one attached hydrogen (secondary N) is 2. The van der Waals surface area contributed by atoms with Gasteiger partial charge in [-0.15, -0.1) is 0 Å². The van der Waals surface area contributed by atoms with Crippen LogP contribution < -0.4 is 15.4 Å². The van der Waals surface area contributed by atoms with Gasteiger partial charge in [-0.2, -0.15) is 5.26 Å². The van der Waals surface area contributed by atoms with Gasteiger partial charge in [0, 0.05) is 6.54 Å². The highest BCUT2D eigenvalue weighted by atomic mass is 79.9. The molecule has 0 saturated carbocycles. The van der Waals surface area contributed by atoms with Gasteiger partial charge in [0.2, 0.25) is 0 Å². The van der Waals surface area contributed by atoms with Crippen LogP contribution in [0.5, 0.6) is 5.75 Å². The smallest absolute Gasteiger partial charge is 0.262 e. The highest BCUT2D eigenvalue weighted by Gasteiger charge is 2.14. The van der Waals surface area contributed by atoms with Crippen molar-refractivity contribution in [3.63, 3.8) is 0 Å². The van der Waals surface area contributed by atoms with Crippen LogP contribution in [0.15, 0.2) is 81.2 Å². The third-order valence-corrected chi connectivity index (χ3v) is 6.00. The van der Waals surface area contributed by atoms with Crippen molar-refractivity contribution >= 4 is 67.0 Å². The van der Waals surface area contributed by atoms with Crippen molar-refractivity contribution in [3.05, 3.63) is 97.4 Å². The number of anilines is 1. The molecule has 2 amide bonds. The summed E-state index contributed by atoms with van der Waals surface area (Å²) in [4.78, 5) is 24.7. The van der Waals surface area contributed by atoms with Crippen molar-refractivity contribution in [2.24, 2.45) is 0 Å². The van der Waals surface area contributed by atoms with E-state index in [1.165, 1.54) is 6.08 Å². The van der Waals surface area contributed by atoms with Crippen LogP contribution >= 0.6 is 43.5 Å². The van der Waals surface area contributed by atoms with Crippen molar-refractivity contribution in [1.82, 2.24) is 5.32 Å². The van der Waals surface area contributed by atoms with E-state index in [0.29, 0.717) is 37.5 Å². The monoisotopic (exact) mass is 601 g/mol. The minimum absolute atomic E-state index is 0.0393. The standard InChI is InChI=1S/C25H18Br2ClN3O3/c26-19-11-17(10-18(13-29)25(33)30-14-16-6-2-1-3-7-16)12-20(27)24(19)34-15-23(32)31-22-9-5-4-8-21(22)28/h1-12H,14-15H2,(H,30,33)(H,31,32)/b18-10+. The predicted octanol–water partition coefficient (Wildman–Crippen LogP) is 6.11. The van der Waals surface area contributed by atoms with E-state index in [4.69, 9.17) is 16.3 Å². The van der Waals surface area contributed by atoms with Crippen molar-refractivity contribution in [2.75, 3.05) is 11.9 Å². The Morgan fingerprint density at radius 2 is 1.68 bits per heavy atom. The summed E-state index contributed by atoms with van der Waals surface area (Å²) in [6.45, 7) is 0.0675. The van der Waals surface area contributed by atoms with Gasteiger partial charge in [-0.3, -0.25) is 9.59 Å². The number of nitriles is 1. The molecule has 3 rings (SSSR count). The number of para-hydroxylation sites is 1. The van der Waals surface area contributed by atoms with Gasteiger partial charge in [0.05, 0.1) is 19.7 Å². The number of ether oxygens (including phenoxy) is 1. The maximum absolute atomic E-state index is 12.4. The fourth-order valence-electron chi connectivity index (χ4n) is 2.88. The van der Waals surface area contributed by atoms with Crippen LogP contribution in [0.3, 0.4) is 0 Å². The maximum atomic E-state index is 12.4. The minimum atomic E-state index is -0.477. The summed E-state index contributed by atoms with van der Waals surface area (Å²) in [5, 5.41) is 15.3. The Bertz CT molecular complexity index is 1250. The quantitative estimate of drug-likeness (QED) is 0.240. The molecule has 0 saturated heterocycles. The topological polar surface area (TPSA) is 91.2 Å². The highest BCUT2D eigenvalue weighted by Crippen LogP contribution is 2.35. The lowest BCUT2D eigenvalue weighted by molar-refractivity contribution is -0.118. The van der Waals surface area contributed by atoms with E-state index in [2.05, 4.69) is 42.5 Å². The number of carbonyl (C=O) groups excluding carboxylic acids is 2. The zero-order valence-corrected chi connectivity index (χ0v) is 21.6. The van der Waals surface area contributed by atoms with Crippen molar-refractivity contribution in [1.29, 1.82) is 5.26 Å². The van der Waals surface area contributed by atoms with Crippen LogP contribution in [0.1, 0.15) is 11.1 Å². The van der Waals surface area contributed by atoms with Crippen molar-refractivity contribution in [2.45, 2.75) is 6.54 Å². The molecular formula is C25H18Br2ClN3O3. The summed E-state index contributed by atoms with van der Waals surface area (Å²) < 4.78 is 6.73. The fraction of sp³-hybridized carbons (Fsp3) is 0.0800. The van der Waals surface area contributed by atoms with Crippen LogP contribution in [-0.2, 0) is 16.1 Å². The van der Waals surface area contributed by atoms with Gasteiger partial charge >= 0.3 is 0 Å². The molecule has 9 heteroatoms. The van der Waals surface area contributed by atoms with Crippen LogP contribution in [0.2, 0.25) is 5.02 Å². The first-order valence-corrected chi connectivity index (χ1v) is 11.9. The fourth-order valence-corrected chi connectivity index (χ4v) is 4.51. The molecule has 0 fully saturated rings. The minimum Gasteiger partial charge on any atom is -0.481 e.